The summed E-state index contributed by atoms with van der Waals surface area (Å²) >= 11 is 6.80. The standard InChI is InChI=1S/C26H27Br2N3O4S/c1-29-26(33)24(16-19-7-4-3-5-8-19)30(17-20-9-6-10-22(28)15-20)25(32)18-31(36(2,34)35)23-13-11-21(27)12-14-23/h3-15,24H,16-18H2,1-2H3,(H,29,33)/t24-/m1/s1. The van der Waals surface area contributed by atoms with Crippen LogP contribution in [0.15, 0.2) is 87.8 Å². The van der Waals surface area contributed by atoms with E-state index in [2.05, 4.69) is 37.2 Å². The lowest BCUT2D eigenvalue weighted by molar-refractivity contribution is -0.139. The van der Waals surface area contributed by atoms with Crippen molar-refractivity contribution in [3.8, 4) is 0 Å². The van der Waals surface area contributed by atoms with Gasteiger partial charge in [0.25, 0.3) is 0 Å². The SMILES string of the molecule is CNC(=O)[C@@H](Cc1ccccc1)N(Cc1cccc(Br)c1)C(=O)CN(c1ccc(Br)cc1)S(C)(=O)=O. The van der Waals surface area contributed by atoms with Gasteiger partial charge in [0.1, 0.15) is 12.6 Å². The first kappa shape index (κ1) is 27.9. The summed E-state index contributed by atoms with van der Waals surface area (Å²) in [6.45, 7) is -0.322. The number of nitrogens with one attached hydrogen (secondary N) is 1. The second-order valence-electron chi connectivity index (χ2n) is 8.22. The zero-order chi connectivity index (χ0) is 26.3. The van der Waals surface area contributed by atoms with E-state index in [1.54, 1.807) is 24.3 Å². The third kappa shape index (κ3) is 7.65. The Morgan fingerprint density at radius 3 is 2.11 bits per heavy atom. The van der Waals surface area contributed by atoms with Gasteiger partial charge in [-0.3, -0.25) is 13.9 Å². The first-order chi connectivity index (χ1) is 17.1. The van der Waals surface area contributed by atoms with Crippen LogP contribution in [0.4, 0.5) is 5.69 Å². The Kier molecular flexibility index (Phi) is 9.69. The number of anilines is 1. The van der Waals surface area contributed by atoms with Crippen LogP contribution in [0.2, 0.25) is 0 Å². The van der Waals surface area contributed by atoms with Crippen molar-refractivity contribution in [2.45, 2.75) is 19.0 Å². The highest BCUT2D eigenvalue weighted by atomic mass is 79.9. The van der Waals surface area contributed by atoms with Gasteiger partial charge in [-0.15, -0.1) is 0 Å². The first-order valence-electron chi connectivity index (χ1n) is 11.1. The van der Waals surface area contributed by atoms with Crippen molar-refractivity contribution in [1.29, 1.82) is 0 Å². The van der Waals surface area contributed by atoms with Gasteiger partial charge in [0.15, 0.2) is 0 Å². The van der Waals surface area contributed by atoms with Gasteiger partial charge in [-0.1, -0.05) is 74.3 Å². The highest BCUT2D eigenvalue weighted by molar-refractivity contribution is 9.10. The fraction of sp³-hybridized carbons (Fsp3) is 0.231. The molecule has 0 radical (unpaired) electrons. The Balaban J connectivity index is 2.02. The quantitative estimate of drug-likeness (QED) is 0.358. The number of amides is 2. The van der Waals surface area contributed by atoms with Gasteiger partial charge in [0.2, 0.25) is 21.8 Å². The Hall–Kier alpha value is -2.69. The van der Waals surface area contributed by atoms with E-state index in [4.69, 9.17) is 0 Å². The highest BCUT2D eigenvalue weighted by Gasteiger charge is 2.32. The molecule has 0 aliphatic carbocycles. The molecule has 10 heteroatoms. The molecule has 2 amide bonds. The van der Waals surface area contributed by atoms with Crippen LogP contribution in [-0.4, -0.2) is 51.0 Å². The predicted octanol–water partition coefficient (Wildman–Crippen LogP) is 4.36. The molecule has 3 aromatic rings. The average molecular weight is 637 g/mol. The van der Waals surface area contributed by atoms with Crippen LogP contribution in [0.5, 0.6) is 0 Å². The predicted molar refractivity (Wildman–Crippen MR) is 149 cm³/mol. The largest absolute Gasteiger partial charge is 0.357 e. The molecule has 0 aliphatic heterocycles. The number of hydrogen-bond donors (Lipinski definition) is 1. The van der Waals surface area contributed by atoms with Crippen LogP contribution < -0.4 is 9.62 Å². The third-order valence-corrected chi connectivity index (χ3v) is 7.72. The van der Waals surface area contributed by atoms with E-state index in [1.165, 1.54) is 11.9 Å². The van der Waals surface area contributed by atoms with E-state index in [0.717, 1.165) is 30.6 Å². The van der Waals surface area contributed by atoms with Gasteiger partial charge in [-0.25, -0.2) is 8.42 Å². The van der Waals surface area contributed by atoms with Crippen LogP contribution in [-0.2, 0) is 32.6 Å². The zero-order valence-corrected chi connectivity index (χ0v) is 23.9. The topological polar surface area (TPSA) is 86.8 Å². The summed E-state index contributed by atoms with van der Waals surface area (Å²) < 4.78 is 28.0. The summed E-state index contributed by atoms with van der Waals surface area (Å²) in [5.74, 6) is -0.829. The number of nitrogens with zero attached hydrogens (tertiary/aromatic N) is 2. The Morgan fingerprint density at radius 2 is 1.53 bits per heavy atom. The Morgan fingerprint density at radius 1 is 0.889 bits per heavy atom. The van der Waals surface area contributed by atoms with E-state index in [1.807, 2.05) is 54.6 Å². The van der Waals surface area contributed by atoms with Crippen molar-refractivity contribution in [3.63, 3.8) is 0 Å². The summed E-state index contributed by atoms with van der Waals surface area (Å²) in [4.78, 5) is 28.3. The van der Waals surface area contributed by atoms with Crippen LogP contribution in [0.1, 0.15) is 11.1 Å². The maximum atomic E-state index is 13.8. The van der Waals surface area contributed by atoms with E-state index in [0.29, 0.717) is 5.69 Å². The molecule has 0 heterocycles. The fourth-order valence-corrected chi connectivity index (χ4v) is 5.33. The van der Waals surface area contributed by atoms with Gasteiger partial charge in [-0.05, 0) is 47.5 Å². The minimum absolute atomic E-state index is 0.126. The van der Waals surface area contributed by atoms with Crippen molar-refractivity contribution in [3.05, 3.63) is 98.9 Å². The molecule has 3 aromatic carbocycles. The number of carbonyl (C=O) groups excluding carboxylic acids is 2. The van der Waals surface area contributed by atoms with E-state index in [-0.39, 0.29) is 18.9 Å². The normalized spacial score (nSPS) is 12.0. The molecular weight excluding hydrogens is 610 g/mol. The molecule has 190 valence electrons. The molecule has 0 bridgehead atoms. The molecule has 1 N–H and O–H groups in total. The number of benzene rings is 3. The molecule has 0 unspecified atom stereocenters. The molecule has 0 saturated carbocycles. The molecule has 1 atom stereocenters. The Bertz CT molecular complexity index is 1300. The van der Waals surface area contributed by atoms with Crippen LogP contribution in [0.3, 0.4) is 0 Å². The number of carbonyl (C=O) groups is 2. The number of likely N-dealkylation sites (N-methyl/N-ethyl adjacent to an activating group) is 1. The summed E-state index contributed by atoms with van der Waals surface area (Å²) in [5, 5.41) is 2.66. The van der Waals surface area contributed by atoms with Crippen molar-refractivity contribution < 1.29 is 18.0 Å². The second kappa shape index (κ2) is 12.5. The minimum atomic E-state index is -3.79. The minimum Gasteiger partial charge on any atom is -0.357 e. The van der Waals surface area contributed by atoms with Gasteiger partial charge >= 0.3 is 0 Å². The van der Waals surface area contributed by atoms with Gasteiger partial charge in [-0.2, -0.15) is 0 Å². The summed E-state index contributed by atoms with van der Waals surface area (Å²) in [5.41, 5.74) is 2.04. The van der Waals surface area contributed by atoms with Crippen LogP contribution in [0, 0.1) is 0 Å². The van der Waals surface area contributed by atoms with Crippen molar-refractivity contribution >= 4 is 59.4 Å². The third-order valence-electron chi connectivity index (χ3n) is 5.55. The number of rotatable bonds is 10. The lowest BCUT2D eigenvalue weighted by Gasteiger charge is -2.33. The zero-order valence-electron chi connectivity index (χ0n) is 19.9. The molecule has 0 saturated heterocycles. The smallest absolute Gasteiger partial charge is 0.244 e. The highest BCUT2D eigenvalue weighted by Crippen LogP contribution is 2.23. The number of halogens is 2. The lowest BCUT2D eigenvalue weighted by Crippen LogP contribution is -2.52. The number of hydrogen-bond acceptors (Lipinski definition) is 4. The van der Waals surface area contributed by atoms with E-state index >= 15 is 0 Å². The van der Waals surface area contributed by atoms with Gasteiger partial charge in [0.05, 0.1) is 11.9 Å². The van der Waals surface area contributed by atoms with Crippen molar-refractivity contribution in [2.24, 2.45) is 0 Å². The summed E-state index contributed by atoms with van der Waals surface area (Å²) in [6.07, 6.45) is 1.33. The van der Waals surface area contributed by atoms with E-state index < -0.39 is 28.5 Å². The second-order valence-corrected chi connectivity index (χ2v) is 12.0. The van der Waals surface area contributed by atoms with Gasteiger partial charge in [0, 0.05) is 29.0 Å². The molecule has 7 nitrogen and oxygen atoms in total. The molecule has 0 aromatic heterocycles. The molecule has 0 aliphatic rings. The maximum Gasteiger partial charge on any atom is 0.244 e. The monoisotopic (exact) mass is 635 g/mol. The van der Waals surface area contributed by atoms with E-state index in [9.17, 15) is 18.0 Å². The molecule has 0 spiro atoms. The van der Waals surface area contributed by atoms with Crippen molar-refractivity contribution in [2.75, 3.05) is 24.2 Å². The maximum absolute atomic E-state index is 13.8. The summed E-state index contributed by atoms with van der Waals surface area (Å²) in [7, 11) is -2.27. The molecule has 36 heavy (non-hydrogen) atoms. The Labute approximate surface area is 228 Å². The van der Waals surface area contributed by atoms with Crippen LogP contribution in [0.25, 0.3) is 0 Å². The lowest BCUT2D eigenvalue weighted by atomic mass is 10.0. The molecule has 0 fully saturated rings. The summed E-state index contributed by atoms with van der Waals surface area (Å²) in [6, 6.07) is 22.7. The van der Waals surface area contributed by atoms with Crippen LogP contribution >= 0.6 is 31.9 Å². The fourth-order valence-electron chi connectivity index (χ4n) is 3.77. The first-order valence-corrected chi connectivity index (χ1v) is 14.5. The average Bonchev–Trinajstić information content (AvgIpc) is 2.84. The number of sulfonamides is 1. The molecular formula is C26H27Br2N3O4S. The molecule has 3 rings (SSSR count). The van der Waals surface area contributed by atoms with Crippen molar-refractivity contribution in [1.82, 2.24) is 10.2 Å². The van der Waals surface area contributed by atoms with Gasteiger partial charge < -0.3 is 10.2 Å².